The van der Waals surface area contributed by atoms with Crippen LogP contribution in [0.25, 0.3) is 0 Å². The van der Waals surface area contributed by atoms with Gasteiger partial charge in [0.15, 0.2) is 0 Å². The Balaban J connectivity index is 1.68. The Labute approximate surface area is 134 Å². The fourth-order valence-electron chi connectivity index (χ4n) is 3.10. The number of carbonyl (C=O) groups excluding carboxylic acids is 1. The molecule has 2 N–H and O–H groups in total. The molecule has 4 heteroatoms. The lowest BCUT2D eigenvalue weighted by Gasteiger charge is -2.27. The minimum absolute atomic E-state index is 0.188. The van der Waals surface area contributed by atoms with Gasteiger partial charge in [0, 0.05) is 37.3 Å². The van der Waals surface area contributed by atoms with Crippen LogP contribution in [0.5, 0.6) is 0 Å². The fourth-order valence-corrected chi connectivity index (χ4v) is 3.10. The summed E-state index contributed by atoms with van der Waals surface area (Å²) >= 11 is 0. The Bertz CT molecular complexity index is 449. The summed E-state index contributed by atoms with van der Waals surface area (Å²) in [5.74, 6) is 0.420. The van der Waals surface area contributed by atoms with E-state index >= 15 is 0 Å². The van der Waals surface area contributed by atoms with Crippen molar-refractivity contribution in [3.8, 4) is 0 Å². The zero-order valence-corrected chi connectivity index (χ0v) is 13.8. The molecule has 0 aromatic heterocycles. The zero-order chi connectivity index (χ0) is 15.8. The monoisotopic (exact) mass is 303 g/mol. The predicted octanol–water partition coefficient (Wildman–Crippen LogP) is 2.41. The van der Waals surface area contributed by atoms with Crippen LogP contribution in [0, 0.1) is 5.92 Å². The Morgan fingerprint density at radius 2 is 2.14 bits per heavy atom. The zero-order valence-electron chi connectivity index (χ0n) is 13.8. The van der Waals surface area contributed by atoms with E-state index in [0.29, 0.717) is 6.04 Å². The van der Waals surface area contributed by atoms with Crippen molar-refractivity contribution in [1.82, 2.24) is 10.6 Å². The number of amides is 1. The van der Waals surface area contributed by atoms with E-state index in [2.05, 4.69) is 53.6 Å². The van der Waals surface area contributed by atoms with Crippen molar-refractivity contribution in [2.24, 2.45) is 5.92 Å². The van der Waals surface area contributed by atoms with Crippen molar-refractivity contribution in [3.05, 3.63) is 30.3 Å². The van der Waals surface area contributed by atoms with Crippen molar-refractivity contribution >= 4 is 11.6 Å². The Morgan fingerprint density at radius 3 is 2.82 bits per heavy atom. The van der Waals surface area contributed by atoms with Gasteiger partial charge in [0.1, 0.15) is 0 Å². The van der Waals surface area contributed by atoms with E-state index < -0.39 is 0 Å². The minimum atomic E-state index is 0.188. The molecule has 0 radical (unpaired) electrons. The highest BCUT2D eigenvalue weighted by atomic mass is 16.1. The largest absolute Gasteiger partial charge is 0.372 e. The summed E-state index contributed by atoms with van der Waals surface area (Å²) in [5.41, 5.74) is 1.25. The molecule has 2 rings (SSSR count). The highest BCUT2D eigenvalue weighted by molar-refractivity contribution is 5.78. The average Bonchev–Trinajstić information content (AvgIpc) is 2.55. The first-order valence-corrected chi connectivity index (χ1v) is 8.51. The molecule has 1 fully saturated rings. The molecule has 1 aliphatic heterocycles. The Morgan fingerprint density at radius 1 is 1.36 bits per heavy atom. The molecule has 1 heterocycles. The minimum Gasteiger partial charge on any atom is -0.372 e. The summed E-state index contributed by atoms with van der Waals surface area (Å²) < 4.78 is 0. The van der Waals surface area contributed by atoms with Gasteiger partial charge in [-0.2, -0.15) is 0 Å². The van der Waals surface area contributed by atoms with E-state index in [1.54, 1.807) is 0 Å². The van der Waals surface area contributed by atoms with Crippen molar-refractivity contribution in [3.63, 3.8) is 0 Å². The number of nitrogens with zero attached hydrogens (tertiary/aromatic N) is 1. The number of carbonyl (C=O) groups is 1. The highest BCUT2D eigenvalue weighted by Crippen LogP contribution is 2.16. The third kappa shape index (κ3) is 5.02. The second-order valence-corrected chi connectivity index (χ2v) is 6.14. The van der Waals surface area contributed by atoms with Gasteiger partial charge in [-0.05, 0) is 51.8 Å². The van der Waals surface area contributed by atoms with E-state index in [-0.39, 0.29) is 11.8 Å². The lowest BCUT2D eigenvalue weighted by Crippen LogP contribution is -2.42. The van der Waals surface area contributed by atoms with Crippen LogP contribution in [0.4, 0.5) is 5.69 Å². The molecule has 0 unspecified atom stereocenters. The molecule has 1 aromatic rings. The van der Waals surface area contributed by atoms with Gasteiger partial charge in [-0.25, -0.2) is 0 Å². The summed E-state index contributed by atoms with van der Waals surface area (Å²) in [5, 5.41) is 6.50. The molecule has 0 aliphatic carbocycles. The van der Waals surface area contributed by atoms with Gasteiger partial charge >= 0.3 is 0 Å². The molecule has 122 valence electrons. The summed E-state index contributed by atoms with van der Waals surface area (Å²) in [4.78, 5) is 14.5. The molecule has 0 spiro atoms. The second-order valence-electron chi connectivity index (χ2n) is 6.14. The molecule has 2 atom stereocenters. The van der Waals surface area contributed by atoms with E-state index in [9.17, 15) is 4.79 Å². The van der Waals surface area contributed by atoms with Crippen LogP contribution in [0.2, 0.25) is 0 Å². The van der Waals surface area contributed by atoms with Crippen molar-refractivity contribution in [2.75, 3.05) is 31.1 Å². The average molecular weight is 303 g/mol. The van der Waals surface area contributed by atoms with Crippen molar-refractivity contribution in [1.29, 1.82) is 0 Å². The van der Waals surface area contributed by atoms with Crippen LogP contribution in [0.1, 0.15) is 33.1 Å². The van der Waals surface area contributed by atoms with Gasteiger partial charge < -0.3 is 15.5 Å². The number of rotatable bonds is 7. The SMILES string of the molecule is CCN(CCCNC(=O)[C@H]1CCN[C@@H](C)C1)c1ccccc1. The summed E-state index contributed by atoms with van der Waals surface area (Å²) in [6.45, 7) is 8.00. The highest BCUT2D eigenvalue weighted by Gasteiger charge is 2.24. The number of hydrogen-bond acceptors (Lipinski definition) is 3. The Kier molecular flexibility index (Phi) is 6.72. The molecular formula is C18H29N3O. The number of para-hydroxylation sites is 1. The first kappa shape index (κ1) is 16.8. The molecule has 4 nitrogen and oxygen atoms in total. The maximum absolute atomic E-state index is 12.2. The standard InChI is InChI=1S/C18H29N3O/c1-3-21(17-8-5-4-6-9-17)13-7-11-20-18(22)16-10-12-19-15(2)14-16/h4-6,8-9,15-16,19H,3,7,10-14H2,1-2H3,(H,20,22)/t15-,16-/m0/s1. The van der Waals surface area contributed by atoms with Crippen LogP contribution in [-0.2, 0) is 4.79 Å². The molecule has 1 amide bonds. The number of nitrogens with one attached hydrogen (secondary N) is 2. The predicted molar refractivity (Wildman–Crippen MR) is 92.1 cm³/mol. The van der Waals surface area contributed by atoms with Gasteiger partial charge in [0.05, 0.1) is 0 Å². The van der Waals surface area contributed by atoms with E-state index in [4.69, 9.17) is 0 Å². The second kappa shape index (κ2) is 8.79. The van der Waals surface area contributed by atoms with Crippen LogP contribution in [0.15, 0.2) is 30.3 Å². The number of piperidine rings is 1. The third-order valence-corrected chi connectivity index (χ3v) is 4.40. The van der Waals surface area contributed by atoms with Crippen LogP contribution in [-0.4, -0.2) is 38.1 Å². The quantitative estimate of drug-likeness (QED) is 0.760. The molecule has 1 saturated heterocycles. The number of benzene rings is 1. The number of anilines is 1. The maximum atomic E-state index is 12.2. The topological polar surface area (TPSA) is 44.4 Å². The van der Waals surface area contributed by atoms with Gasteiger partial charge in [-0.3, -0.25) is 4.79 Å². The molecule has 1 aliphatic rings. The molecule has 0 saturated carbocycles. The van der Waals surface area contributed by atoms with Crippen LogP contribution < -0.4 is 15.5 Å². The molecule has 1 aromatic carbocycles. The molecule has 22 heavy (non-hydrogen) atoms. The number of hydrogen-bond donors (Lipinski definition) is 2. The van der Waals surface area contributed by atoms with Gasteiger partial charge in [-0.1, -0.05) is 18.2 Å². The first-order chi connectivity index (χ1) is 10.7. The van der Waals surface area contributed by atoms with E-state index in [1.807, 2.05) is 6.07 Å². The van der Waals surface area contributed by atoms with Crippen LogP contribution >= 0.6 is 0 Å². The summed E-state index contributed by atoms with van der Waals surface area (Å²) in [6.07, 6.45) is 2.90. The fraction of sp³-hybridized carbons (Fsp3) is 0.611. The van der Waals surface area contributed by atoms with E-state index in [0.717, 1.165) is 45.4 Å². The van der Waals surface area contributed by atoms with Gasteiger partial charge in [-0.15, -0.1) is 0 Å². The summed E-state index contributed by atoms with van der Waals surface area (Å²) in [7, 11) is 0. The van der Waals surface area contributed by atoms with E-state index in [1.165, 1.54) is 5.69 Å². The van der Waals surface area contributed by atoms with Gasteiger partial charge in [0.25, 0.3) is 0 Å². The third-order valence-electron chi connectivity index (χ3n) is 4.40. The summed E-state index contributed by atoms with van der Waals surface area (Å²) in [6, 6.07) is 10.9. The van der Waals surface area contributed by atoms with Crippen LogP contribution in [0.3, 0.4) is 0 Å². The molecule has 0 bridgehead atoms. The van der Waals surface area contributed by atoms with Crippen molar-refractivity contribution in [2.45, 2.75) is 39.2 Å². The molecular weight excluding hydrogens is 274 g/mol. The van der Waals surface area contributed by atoms with Crippen molar-refractivity contribution < 1.29 is 4.79 Å². The maximum Gasteiger partial charge on any atom is 0.223 e. The Hall–Kier alpha value is -1.55. The van der Waals surface area contributed by atoms with Gasteiger partial charge in [0.2, 0.25) is 5.91 Å². The smallest absolute Gasteiger partial charge is 0.223 e. The normalized spacial score (nSPS) is 21.4. The lowest BCUT2D eigenvalue weighted by molar-refractivity contribution is -0.126. The first-order valence-electron chi connectivity index (χ1n) is 8.51. The lowest BCUT2D eigenvalue weighted by atomic mass is 9.92.